The molecule has 0 spiro atoms. The Hall–Kier alpha value is -1.28. The molecule has 0 atom stereocenters. The number of nitrogens with zero attached hydrogens (tertiary/aromatic N) is 2. The molecule has 4 rings (SSSR count). The van der Waals surface area contributed by atoms with E-state index in [0.29, 0.717) is 5.56 Å². The monoisotopic (exact) mass is 496 g/mol. The van der Waals surface area contributed by atoms with Gasteiger partial charge in [-0.1, -0.05) is 52.0 Å². The van der Waals surface area contributed by atoms with E-state index in [1.165, 1.54) is 12.1 Å². The SMILES string of the molecule is FC(F)(F)c1ccc2c(c1)/C(=C\CCN1CCN(CCBr)CC1)c1ccccc1S2. The first kappa shape index (κ1) is 21.9. The van der Waals surface area contributed by atoms with Crippen molar-refractivity contribution in [1.29, 1.82) is 0 Å². The molecule has 2 aliphatic rings. The van der Waals surface area contributed by atoms with E-state index < -0.39 is 11.7 Å². The third kappa shape index (κ3) is 4.96. The van der Waals surface area contributed by atoms with Crippen molar-refractivity contribution in [2.24, 2.45) is 0 Å². The Bertz CT molecular complexity index is 921. The molecular formula is C23H24BrF3N2S. The standard InChI is InChI=1S/C23H24BrF3N2S/c24-9-11-29-14-12-28(13-15-29)10-3-5-18-19-4-1-2-6-21(19)30-22-8-7-17(16-20(18)22)23(25,26)27/h1-2,4-8,16H,3,9-15H2/b18-5-. The van der Waals surface area contributed by atoms with Crippen molar-refractivity contribution in [1.82, 2.24) is 9.80 Å². The molecule has 0 aromatic heterocycles. The molecule has 2 aliphatic heterocycles. The van der Waals surface area contributed by atoms with E-state index in [2.05, 4.69) is 31.8 Å². The minimum absolute atomic E-state index is 0.588. The van der Waals surface area contributed by atoms with Gasteiger partial charge in [0.15, 0.2) is 0 Å². The molecule has 2 aromatic carbocycles. The van der Waals surface area contributed by atoms with Crippen LogP contribution in [0.15, 0.2) is 58.3 Å². The van der Waals surface area contributed by atoms with Gasteiger partial charge in [0.1, 0.15) is 0 Å². The first-order chi connectivity index (χ1) is 14.5. The molecule has 0 unspecified atom stereocenters. The second-order valence-electron chi connectivity index (χ2n) is 7.59. The lowest BCUT2D eigenvalue weighted by Crippen LogP contribution is -2.46. The summed E-state index contributed by atoms with van der Waals surface area (Å²) in [6.45, 7) is 6.22. The van der Waals surface area contributed by atoms with Crippen molar-refractivity contribution in [2.45, 2.75) is 22.4 Å². The quantitative estimate of drug-likeness (QED) is 0.399. The maximum absolute atomic E-state index is 13.3. The van der Waals surface area contributed by atoms with Gasteiger partial charge in [-0.3, -0.25) is 4.90 Å². The Kier molecular flexibility index (Phi) is 6.92. The second-order valence-corrected chi connectivity index (χ2v) is 9.46. The Morgan fingerprint density at radius 3 is 2.27 bits per heavy atom. The van der Waals surface area contributed by atoms with E-state index in [-0.39, 0.29) is 0 Å². The maximum Gasteiger partial charge on any atom is 0.416 e. The molecule has 0 N–H and O–H groups in total. The average molecular weight is 497 g/mol. The van der Waals surface area contributed by atoms with Gasteiger partial charge in [0.25, 0.3) is 0 Å². The van der Waals surface area contributed by atoms with Crippen LogP contribution < -0.4 is 0 Å². The lowest BCUT2D eigenvalue weighted by atomic mass is 9.94. The Balaban J connectivity index is 1.55. The van der Waals surface area contributed by atoms with Gasteiger partial charge in [0, 0.05) is 54.4 Å². The van der Waals surface area contributed by atoms with Crippen LogP contribution in [0.25, 0.3) is 5.57 Å². The minimum Gasteiger partial charge on any atom is -0.300 e. The van der Waals surface area contributed by atoms with Crippen LogP contribution in [0.4, 0.5) is 13.2 Å². The van der Waals surface area contributed by atoms with Crippen LogP contribution in [-0.4, -0.2) is 54.4 Å². The molecule has 2 nitrogen and oxygen atoms in total. The number of benzene rings is 2. The van der Waals surface area contributed by atoms with Crippen LogP contribution in [0.3, 0.4) is 0 Å². The fourth-order valence-corrected chi connectivity index (χ4v) is 5.60. The summed E-state index contributed by atoms with van der Waals surface area (Å²) in [5.74, 6) is 0. The number of alkyl halides is 4. The number of fused-ring (bicyclic) bond motifs is 2. The van der Waals surface area contributed by atoms with E-state index in [1.807, 2.05) is 24.3 Å². The molecule has 0 aliphatic carbocycles. The van der Waals surface area contributed by atoms with Crippen molar-refractivity contribution in [3.63, 3.8) is 0 Å². The van der Waals surface area contributed by atoms with E-state index in [4.69, 9.17) is 0 Å². The highest BCUT2D eigenvalue weighted by atomic mass is 79.9. The number of hydrogen-bond acceptors (Lipinski definition) is 3. The summed E-state index contributed by atoms with van der Waals surface area (Å²) in [4.78, 5) is 6.88. The van der Waals surface area contributed by atoms with E-state index in [1.54, 1.807) is 17.8 Å². The smallest absolute Gasteiger partial charge is 0.300 e. The molecule has 1 saturated heterocycles. The van der Waals surface area contributed by atoms with Crippen molar-refractivity contribution in [3.8, 4) is 0 Å². The van der Waals surface area contributed by atoms with Crippen LogP contribution in [0.5, 0.6) is 0 Å². The predicted octanol–water partition coefficient (Wildman–Crippen LogP) is 6.00. The zero-order valence-electron chi connectivity index (χ0n) is 16.6. The third-order valence-corrected chi connectivity index (χ3v) is 7.16. The van der Waals surface area contributed by atoms with Crippen LogP contribution >= 0.6 is 27.7 Å². The lowest BCUT2D eigenvalue weighted by molar-refractivity contribution is -0.137. The van der Waals surface area contributed by atoms with Gasteiger partial charge in [-0.05, 0) is 47.4 Å². The lowest BCUT2D eigenvalue weighted by Gasteiger charge is -2.34. The number of hydrogen-bond donors (Lipinski definition) is 0. The van der Waals surface area contributed by atoms with Gasteiger partial charge in [0.2, 0.25) is 0 Å². The fourth-order valence-electron chi connectivity index (χ4n) is 4.01. The topological polar surface area (TPSA) is 6.48 Å². The average Bonchev–Trinajstić information content (AvgIpc) is 2.73. The predicted molar refractivity (Wildman–Crippen MR) is 120 cm³/mol. The van der Waals surface area contributed by atoms with E-state index in [9.17, 15) is 13.2 Å². The van der Waals surface area contributed by atoms with Crippen LogP contribution in [-0.2, 0) is 6.18 Å². The van der Waals surface area contributed by atoms with Crippen molar-refractivity contribution < 1.29 is 13.2 Å². The molecule has 0 bridgehead atoms. The van der Waals surface area contributed by atoms with Crippen LogP contribution in [0.1, 0.15) is 23.1 Å². The number of rotatable bonds is 5. The molecule has 0 amide bonds. The second kappa shape index (κ2) is 9.47. The summed E-state index contributed by atoms with van der Waals surface area (Å²) in [6.07, 6.45) is -1.39. The summed E-state index contributed by atoms with van der Waals surface area (Å²) >= 11 is 5.04. The normalized spacial score (nSPS) is 19.0. The summed E-state index contributed by atoms with van der Waals surface area (Å²) < 4.78 is 40.0. The Labute approximate surface area is 188 Å². The molecule has 30 heavy (non-hydrogen) atoms. The summed E-state index contributed by atoms with van der Waals surface area (Å²) in [5, 5.41) is 0.996. The highest BCUT2D eigenvalue weighted by Gasteiger charge is 2.32. The van der Waals surface area contributed by atoms with Gasteiger partial charge in [-0.15, -0.1) is 0 Å². The van der Waals surface area contributed by atoms with Gasteiger partial charge in [0.05, 0.1) is 5.56 Å². The zero-order valence-corrected chi connectivity index (χ0v) is 19.0. The largest absolute Gasteiger partial charge is 0.416 e. The van der Waals surface area contributed by atoms with Crippen molar-refractivity contribution in [3.05, 3.63) is 65.2 Å². The number of piperazine rings is 1. The molecular weight excluding hydrogens is 473 g/mol. The minimum atomic E-state index is -4.34. The summed E-state index contributed by atoms with van der Waals surface area (Å²) in [6, 6.07) is 12.1. The zero-order chi connectivity index (χ0) is 21.1. The van der Waals surface area contributed by atoms with Crippen LogP contribution in [0.2, 0.25) is 0 Å². The fraction of sp³-hybridized carbons (Fsp3) is 0.391. The highest BCUT2D eigenvalue weighted by molar-refractivity contribution is 9.09. The van der Waals surface area contributed by atoms with Gasteiger partial charge < -0.3 is 4.90 Å². The first-order valence-corrected chi connectivity index (χ1v) is 12.1. The molecule has 0 radical (unpaired) electrons. The van der Waals surface area contributed by atoms with E-state index in [0.717, 1.165) is 71.9 Å². The van der Waals surface area contributed by atoms with Gasteiger partial charge in [-0.2, -0.15) is 13.2 Å². The van der Waals surface area contributed by atoms with Crippen LogP contribution in [0, 0.1) is 0 Å². The Morgan fingerprint density at radius 2 is 1.57 bits per heavy atom. The van der Waals surface area contributed by atoms with Crippen molar-refractivity contribution in [2.75, 3.05) is 44.6 Å². The maximum atomic E-state index is 13.3. The van der Waals surface area contributed by atoms with E-state index >= 15 is 0 Å². The molecule has 160 valence electrons. The first-order valence-electron chi connectivity index (χ1n) is 10.2. The third-order valence-electron chi connectivity index (χ3n) is 5.65. The highest BCUT2D eigenvalue weighted by Crippen LogP contribution is 2.47. The molecule has 2 heterocycles. The molecule has 0 saturated carbocycles. The molecule has 2 aromatic rings. The summed E-state index contributed by atoms with van der Waals surface area (Å²) in [7, 11) is 0. The number of halogens is 4. The Morgan fingerprint density at radius 1 is 0.900 bits per heavy atom. The summed E-state index contributed by atoms with van der Waals surface area (Å²) in [5.41, 5.74) is 2.05. The van der Waals surface area contributed by atoms with Gasteiger partial charge in [-0.25, -0.2) is 0 Å². The molecule has 1 fully saturated rings. The van der Waals surface area contributed by atoms with Gasteiger partial charge >= 0.3 is 6.18 Å². The molecule has 7 heteroatoms. The van der Waals surface area contributed by atoms with Crippen molar-refractivity contribution >= 4 is 33.3 Å².